The highest BCUT2D eigenvalue weighted by molar-refractivity contribution is 9.10. The van der Waals surface area contributed by atoms with Crippen molar-refractivity contribution in [2.75, 3.05) is 20.8 Å². The Balaban J connectivity index is 1.61. The van der Waals surface area contributed by atoms with E-state index >= 15 is 0 Å². The quantitative estimate of drug-likeness (QED) is 0.178. The SMILES string of the molecule is CCOC(=O)C1=C(C)N=c2s/c(=C\c3cc(OC)c(OCc4ccccc4)cc3Br)c(=O)n2[C@H]1c1ccc(OC(C)C)c(OC)c1. The van der Waals surface area contributed by atoms with Crippen molar-refractivity contribution in [2.45, 2.75) is 46.4 Å². The maximum absolute atomic E-state index is 14.2. The van der Waals surface area contributed by atoms with Gasteiger partial charge in [-0.2, -0.15) is 0 Å². The number of halogens is 1. The molecule has 1 aliphatic heterocycles. The number of methoxy groups -OCH3 is 2. The summed E-state index contributed by atoms with van der Waals surface area (Å²) in [5, 5.41) is 0. The van der Waals surface area contributed by atoms with Crippen molar-refractivity contribution in [3.05, 3.63) is 113 Å². The smallest absolute Gasteiger partial charge is 0.338 e. The molecule has 0 aliphatic carbocycles. The topological polar surface area (TPSA) is 97.6 Å². The molecule has 0 radical (unpaired) electrons. The van der Waals surface area contributed by atoms with Gasteiger partial charge in [-0.15, -0.1) is 0 Å². The molecule has 5 rings (SSSR count). The Morgan fingerprint density at radius 1 is 1.02 bits per heavy atom. The van der Waals surface area contributed by atoms with Crippen LogP contribution in [0.4, 0.5) is 0 Å². The van der Waals surface area contributed by atoms with Crippen molar-refractivity contribution >= 4 is 39.3 Å². The second-order valence-corrected chi connectivity index (χ2v) is 12.5. The summed E-state index contributed by atoms with van der Waals surface area (Å²) in [5.74, 6) is 1.58. The van der Waals surface area contributed by atoms with E-state index in [1.165, 1.54) is 15.9 Å². The van der Waals surface area contributed by atoms with Gasteiger partial charge in [0.2, 0.25) is 0 Å². The number of carbonyl (C=O) groups excluding carboxylic acids is 1. The predicted molar refractivity (Wildman–Crippen MR) is 181 cm³/mol. The molecule has 0 N–H and O–H groups in total. The molecule has 1 aromatic heterocycles. The number of hydrogen-bond acceptors (Lipinski definition) is 9. The molecule has 0 fully saturated rings. The van der Waals surface area contributed by atoms with Gasteiger partial charge in [0.15, 0.2) is 27.8 Å². The molecular formula is C35H35BrN2O7S. The van der Waals surface area contributed by atoms with Crippen LogP contribution in [0.3, 0.4) is 0 Å². The van der Waals surface area contributed by atoms with E-state index in [0.29, 0.717) is 60.2 Å². The summed E-state index contributed by atoms with van der Waals surface area (Å²) in [6.07, 6.45) is 1.70. The Bertz CT molecular complexity index is 1960. The monoisotopic (exact) mass is 706 g/mol. The largest absolute Gasteiger partial charge is 0.493 e. The number of rotatable bonds is 11. The Hall–Kier alpha value is -4.35. The summed E-state index contributed by atoms with van der Waals surface area (Å²) in [4.78, 5) is 32.6. The van der Waals surface area contributed by atoms with Gasteiger partial charge >= 0.3 is 5.97 Å². The zero-order valence-electron chi connectivity index (χ0n) is 26.5. The molecule has 0 amide bonds. The molecule has 46 heavy (non-hydrogen) atoms. The number of nitrogens with zero attached hydrogens (tertiary/aromatic N) is 2. The summed E-state index contributed by atoms with van der Waals surface area (Å²) < 4.78 is 31.4. The second-order valence-electron chi connectivity index (χ2n) is 10.7. The first-order chi connectivity index (χ1) is 22.1. The lowest BCUT2D eigenvalue weighted by molar-refractivity contribution is -0.139. The number of carbonyl (C=O) groups is 1. The third-order valence-electron chi connectivity index (χ3n) is 7.19. The van der Waals surface area contributed by atoms with Crippen LogP contribution in [0.1, 0.15) is 50.4 Å². The number of fused-ring (bicyclic) bond motifs is 1. The van der Waals surface area contributed by atoms with E-state index in [1.54, 1.807) is 46.3 Å². The van der Waals surface area contributed by atoms with Crippen LogP contribution in [-0.2, 0) is 16.1 Å². The van der Waals surface area contributed by atoms with E-state index in [-0.39, 0.29) is 23.8 Å². The third-order valence-corrected chi connectivity index (χ3v) is 8.86. The van der Waals surface area contributed by atoms with Gasteiger partial charge in [0.05, 0.1) is 48.8 Å². The van der Waals surface area contributed by atoms with E-state index in [1.807, 2.05) is 62.4 Å². The maximum atomic E-state index is 14.2. The highest BCUT2D eigenvalue weighted by atomic mass is 79.9. The first-order valence-electron chi connectivity index (χ1n) is 14.7. The molecule has 2 heterocycles. The Kier molecular flexibility index (Phi) is 10.3. The molecule has 0 saturated carbocycles. The summed E-state index contributed by atoms with van der Waals surface area (Å²) in [6.45, 7) is 7.89. The van der Waals surface area contributed by atoms with E-state index in [9.17, 15) is 9.59 Å². The van der Waals surface area contributed by atoms with Crippen molar-refractivity contribution in [2.24, 2.45) is 4.99 Å². The predicted octanol–water partition coefficient (Wildman–Crippen LogP) is 5.94. The molecule has 4 aromatic rings. The van der Waals surface area contributed by atoms with Gasteiger partial charge in [0, 0.05) is 4.47 Å². The molecule has 0 unspecified atom stereocenters. The lowest BCUT2D eigenvalue weighted by Crippen LogP contribution is -2.40. The first kappa shape index (κ1) is 33.0. The molecule has 1 atom stereocenters. The van der Waals surface area contributed by atoms with Gasteiger partial charge in [-0.25, -0.2) is 9.79 Å². The molecule has 9 nitrogen and oxygen atoms in total. The number of allylic oxidation sites excluding steroid dienone is 1. The molecular weight excluding hydrogens is 672 g/mol. The van der Waals surface area contributed by atoms with Gasteiger partial charge in [-0.3, -0.25) is 9.36 Å². The fraction of sp³-hybridized carbons (Fsp3) is 0.286. The van der Waals surface area contributed by atoms with Crippen molar-refractivity contribution in [3.63, 3.8) is 0 Å². The summed E-state index contributed by atoms with van der Waals surface area (Å²) in [6, 6.07) is 18.1. The van der Waals surface area contributed by atoms with Crippen LogP contribution in [0, 0.1) is 0 Å². The first-order valence-corrected chi connectivity index (χ1v) is 16.3. The van der Waals surface area contributed by atoms with E-state index in [0.717, 1.165) is 5.56 Å². The highest BCUT2D eigenvalue weighted by Crippen LogP contribution is 2.37. The van der Waals surface area contributed by atoms with Gasteiger partial charge in [0.25, 0.3) is 5.56 Å². The lowest BCUT2D eigenvalue weighted by Gasteiger charge is -2.25. The Morgan fingerprint density at radius 3 is 2.41 bits per heavy atom. The average molecular weight is 708 g/mol. The van der Waals surface area contributed by atoms with Crippen molar-refractivity contribution in [1.82, 2.24) is 4.57 Å². The number of hydrogen-bond donors (Lipinski definition) is 0. The van der Waals surface area contributed by atoms with Crippen LogP contribution in [0.15, 0.2) is 86.2 Å². The van der Waals surface area contributed by atoms with Gasteiger partial charge in [-0.1, -0.05) is 63.7 Å². The molecule has 11 heteroatoms. The summed E-state index contributed by atoms with van der Waals surface area (Å²) in [5.41, 5.74) is 2.84. The molecule has 0 saturated heterocycles. The second kappa shape index (κ2) is 14.4. The Morgan fingerprint density at radius 2 is 1.74 bits per heavy atom. The summed E-state index contributed by atoms with van der Waals surface area (Å²) in [7, 11) is 3.12. The summed E-state index contributed by atoms with van der Waals surface area (Å²) >= 11 is 4.88. The van der Waals surface area contributed by atoms with Crippen LogP contribution < -0.4 is 33.8 Å². The maximum Gasteiger partial charge on any atom is 0.338 e. The number of benzene rings is 3. The van der Waals surface area contributed by atoms with Gasteiger partial charge in [0.1, 0.15) is 6.61 Å². The van der Waals surface area contributed by atoms with Gasteiger partial charge in [-0.05, 0) is 74.7 Å². The molecule has 0 spiro atoms. The van der Waals surface area contributed by atoms with Crippen molar-refractivity contribution < 1.29 is 28.5 Å². The zero-order valence-corrected chi connectivity index (χ0v) is 28.9. The number of ether oxygens (including phenoxy) is 5. The molecule has 1 aliphatic rings. The van der Waals surface area contributed by atoms with Crippen LogP contribution in [-0.4, -0.2) is 37.5 Å². The minimum Gasteiger partial charge on any atom is -0.493 e. The third kappa shape index (κ3) is 6.90. The van der Waals surface area contributed by atoms with Crippen molar-refractivity contribution in [3.8, 4) is 23.0 Å². The van der Waals surface area contributed by atoms with Crippen LogP contribution in [0.25, 0.3) is 6.08 Å². The minimum absolute atomic E-state index is 0.0721. The fourth-order valence-corrected chi connectivity index (χ4v) is 6.60. The molecule has 240 valence electrons. The number of thiazole rings is 1. The van der Waals surface area contributed by atoms with Crippen LogP contribution >= 0.6 is 27.3 Å². The van der Waals surface area contributed by atoms with E-state index in [2.05, 4.69) is 20.9 Å². The molecule has 0 bridgehead atoms. The van der Waals surface area contributed by atoms with Gasteiger partial charge < -0.3 is 23.7 Å². The minimum atomic E-state index is -0.800. The Labute approximate surface area is 279 Å². The lowest BCUT2D eigenvalue weighted by atomic mass is 9.95. The molecule has 3 aromatic carbocycles. The van der Waals surface area contributed by atoms with Crippen LogP contribution in [0.2, 0.25) is 0 Å². The number of esters is 1. The zero-order chi connectivity index (χ0) is 33.0. The normalized spacial score (nSPS) is 14.5. The van der Waals surface area contributed by atoms with E-state index in [4.69, 9.17) is 23.7 Å². The van der Waals surface area contributed by atoms with Crippen LogP contribution in [0.5, 0.6) is 23.0 Å². The fourth-order valence-electron chi connectivity index (χ4n) is 5.12. The average Bonchev–Trinajstić information content (AvgIpc) is 3.34. The van der Waals surface area contributed by atoms with E-state index < -0.39 is 12.0 Å². The standard InChI is InChI=1S/C35H35BrN2O7S/c1-7-43-34(40)31-21(4)37-35-38(32(31)23-13-14-26(45-20(2)3)27(15-23)41-5)33(39)30(46-35)17-24-16-28(42-6)29(18-25(24)36)44-19-22-11-9-8-10-12-22/h8-18,20,32H,7,19H2,1-6H3/b30-17-/t32-/m0/s1. The van der Waals surface area contributed by atoms with Crippen molar-refractivity contribution in [1.29, 1.82) is 0 Å². The highest BCUT2D eigenvalue weighted by Gasteiger charge is 2.34. The number of aromatic nitrogens is 1.